The lowest BCUT2D eigenvalue weighted by Crippen LogP contribution is -2.50. The van der Waals surface area contributed by atoms with E-state index in [4.69, 9.17) is 8.83 Å². The Labute approximate surface area is 152 Å². The Bertz CT molecular complexity index is 1070. The van der Waals surface area contributed by atoms with Crippen molar-refractivity contribution in [2.75, 3.05) is 26.2 Å². The minimum Gasteiger partial charge on any atom is -0.459 e. The van der Waals surface area contributed by atoms with Gasteiger partial charge in [0.05, 0.1) is 11.6 Å². The first-order valence-corrected chi connectivity index (χ1v) is 8.38. The molecule has 4 rings (SSSR count). The van der Waals surface area contributed by atoms with Crippen molar-refractivity contribution < 1.29 is 22.8 Å². The van der Waals surface area contributed by atoms with Crippen molar-refractivity contribution in [1.82, 2.24) is 9.80 Å². The Kier molecular flexibility index (Phi) is 4.23. The number of carbonyl (C=O) groups excluding carboxylic acids is 2. The fraction of sp³-hybridized carbons (Fsp3) is 0.211. The molecule has 8 heteroatoms. The average molecular weight is 370 g/mol. The van der Waals surface area contributed by atoms with Gasteiger partial charge in [-0.25, -0.2) is 9.18 Å². The van der Waals surface area contributed by atoms with E-state index in [1.54, 1.807) is 17.0 Å². The molecular formula is C19H15FN2O5. The summed E-state index contributed by atoms with van der Waals surface area (Å²) >= 11 is 0. The molecule has 1 fully saturated rings. The molecule has 0 bridgehead atoms. The zero-order valence-electron chi connectivity index (χ0n) is 14.2. The van der Waals surface area contributed by atoms with E-state index in [1.165, 1.54) is 29.4 Å². The maximum Gasteiger partial charge on any atom is 0.344 e. The van der Waals surface area contributed by atoms with E-state index >= 15 is 0 Å². The van der Waals surface area contributed by atoms with Crippen LogP contribution < -0.4 is 5.63 Å². The van der Waals surface area contributed by atoms with Crippen molar-refractivity contribution in [3.63, 3.8) is 0 Å². The highest BCUT2D eigenvalue weighted by Gasteiger charge is 2.28. The maximum atomic E-state index is 13.4. The SMILES string of the molecule is O=C(c1ccco1)N1CCN(C(=O)c2cc3cc(F)ccc3c(=O)o2)CC1. The molecule has 1 aliphatic heterocycles. The first-order chi connectivity index (χ1) is 13.0. The highest BCUT2D eigenvalue weighted by Crippen LogP contribution is 2.17. The third-order valence-electron chi connectivity index (χ3n) is 4.52. The predicted octanol–water partition coefficient (Wildman–Crippen LogP) is 2.12. The van der Waals surface area contributed by atoms with Crippen LogP contribution in [0.3, 0.4) is 0 Å². The van der Waals surface area contributed by atoms with E-state index in [2.05, 4.69) is 0 Å². The molecule has 0 unspecified atom stereocenters. The van der Waals surface area contributed by atoms with Crippen LogP contribution in [0, 0.1) is 5.82 Å². The second kappa shape index (κ2) is 6.71. The van der Waals surface area contributed by atoms with Gasteiger partial charge in [-0.15, -0.1) is 0 Å². The standard InChI is InChI=1S/C19H15FN2O5/c20-13-3-4-14-12(10-13)11-16(27-19(14)25)18(24)22-7-5-21(6-8-22)17(23)15-2-1-9-26-15/h1-4,9-11H,5-8H2. The Hall–Kier alpha value is -3.42. The number of amides is 2. The van der Waals surface area contributed by atoms with Crippen molar-refractivity contribution >= 4 is 22.6 Å². The monoisotopic (exact) mass is 370 g/mol. The summed E-state index contributed by atoms with van der Waals surface area (Å²) in [7, 11) is 0. The normalized spacial score (nSPS) is 14.6. The molecule has 1 saturated heterocycles. The zero-order valence-corrected chi connectivity index (χ0v) is 14.2. The number of hydrogen-bond donors (Lipinski definition) is 0. The first-order valence-electron chi connectivity index (χ1n) is 8.38. The summed E-state index contributed by atoms with van der Waals surface area (Å²) < 4.78 is 23.6. The molecule has 0 radical (unpaired) electrons. The molecule has 0 spiro atoms. The summed E-state index contributed by atoms with van der Waals surface area (Å²) in [5.74, 6) is -1.11. The van der Waals surface area contributed by atoms with Crippen molar-refractivity contribution in [1.29, 1.82) is 0 Å². The predicted molar refractivity (Wildman–Crippen MR) is 93.0 cm³/mol. The summed E-state index contributed by atoms with van der Waals surface area (Å²) in [4.78, 5) is 40.1. The van der Waals surface area contributed by atoms with Gasteiger partial charge in [-0.2, -0.15) is 0 Å². The van der Waals surface area contributed by atoms with Gasteiger partial charge in [-0.05, 0) is 41.8 Å². The number of furan rings is 1. The molecule has 0 aliphatic carbocycles. The van der Waals surface area contributed by atoms with Crippen molar-refractivity contribution in [2.45, 2.75) is 0 Å². The van der Waals surface area contributed by atoms with E-state index in [-0.39, 0.29) is 35.9 Å². The van der Waals surface area contributed by atoms with Crippen molar-refractivity contribution in [2.24, 2.45) is 0 Å². The number of rotatable bonds is 2. The molecule has 0 saturated carbocycles. The molecule has 0 N–H and O–H groups in total. The van der Waals surface area contributed by atoms with E-state index in [0.29, 0.717) is 18.5 Å². The van der Waals surface area contributed by atoms with Gasteiger partial charge in [0.15, 0.2) is 11.5 Å². The van der Waals surface area contributed by atoms with Crippen LogP contribution in [0.25, 0.3) is 10.8 Å². The Morgan fingerprint density at radius 2 is 1.59 bits per heavy atom. The smallest absolute Gasteiger partial charge is 0.344 e. The molecule has 2 aromatic heterocycles. The van der Waals surface area contributed by atoms with E-state index in [1.807, 2.05) is 0 Å². The lowest BCUT2D eigenvalue weighted by atomic mass is 10.1. The minimum atomic E-state index is -0.692. The zero-order chi connectivity index (χ0) is 19.0. The van der Waals surface area contributed by atoms with Crippen LogP contribution in [0.5, 0.6) is 0 Å². The van der Waals surface area contributed by atoms with Crippen LogP contribution in [0.15, 0.2) is 56.3 Å². The van der Waals surface area contributed by atoms with Gasteiger partial charge in [0.25, 0.3) is 11.8 Å². The number of benzene rings is 1. The van der Waals surface area contributed by atoms with Crippen molar-refractivity contribution in [3.8, 4) is 0 Å². The maximum absolute atomic E-state index is 13.4. The number of hydrogen-bond acceptors (Lipinski definition) is 5. The van der Waals surface area contributed by atoms with E-state index in [9.17, 15) is 18.8 Å². The van der Waals surface area contributed by atoms with Crippen LogP contribution >= 0.6 is 0 Å². The van der Waals surface area contributed by atoms with Crippen LogP contribution in [-0.2, 0) is 0 Å². The molecule has 1 aromatic carbocycles. The van der Waals surface area contributed by atoms with Crippen LogP contribution in [0.1, 0.15) is 21.1 Å². The van der Waals surface area contributed by atoms with Crippen molar-refractivity contribution in [3.05, 3.63) is 70.4 Å². The first kappa shape index (κ1) is 17.0. The molecular weight excluding hydrogens is 355 g/mol. The molecule has 0 atom stereocenters. The third kappa shape index (κ3) is 3.21. The Balaban J connectivity index is 1.50. The highest BCUT2D eigenvalue weighted by molar-refractivity contribution is 5.96. The van der Waals surface area contributed by atoms with Crippen LogP contribution in [0.4, 0.5) is 4.39 Å². The lowest BCUT2D eigenvalue weighted by molar-refractivity contribution is 0.0500. The quantitative estimate of drug-likeness (QED) is 0.690. The van der Waals surface area contributed by atoms with Gasteiger partial charge in [0.2, 0.25) is 0 Å². The summed E-state index contributed by atoms with van der Waals surface area (Å²) in [6.45, 7) is 1.24. The van der Waals surface area contributed by atoms with E-state index < -0.39 is 17.3 Å². The summed E-state index contributed by atoms with van der Waals surface area (Å²) in [6.07, 6.45) is 1.43. The Morgan fingerprint density at radius 1 is 0.926 bits per heavy atom. The van der Waals surface area contributed by atoms with Gasteiger partial charge in [-0.3, -0.25) is 9.59 Å². The summed E-state index contributed by atoms with van der Waals surface area (Å²) in [5.41, 5.74) is -0.692. The second-order valence-electron chi connectivity index (χ2n) is 6.19. The van der Waals surface area contributed by atoms with E-state index in [0.717, 1.165) is 6.07 Å². The number of piperazine rings is 1. The molecule has 27 heavy (non-hydrogen) atoms. The van der Waals surface area contributed by atoms with Gasteiger partial charge >= 0.3 is 5.63 Å². The molecule has 7 nitrogen and oxygen atoms in total. The van der Waals surface area contributed by atoms with Gasteiger partial charge in [-0.1, -0.05) is 0 Å². The minimum absolute atomic E-state index is 0.149. The largest absolute Gasteiger partial charge is 0.459 e. The number of nitrogens with zero attached hydrogens (tertiary/aromatic N) is 2. The highest BCUT2D eigenvalue weighted by atomic mass is 19.1. The fourth-order valence-electron chi connectivity index (χ4n) is 3.09. The molecule has 3 heterocycles. The van der Waals surface area contributed by atoms with Crippen LogP contribution in [0.2, 0.25) is 0 Å². The fourth-order valence-corrected chi connectivity index (χ4v) is 3.09. The second-order valence-corrected chi connectivity index (χ2v) is 6.19. The average Bonchev–Trinajstić information content (AvgIpc) is 3.21. The van der Waals surface area contributed by atoms with Gasteiger partial charge in [0, 0.05) is 26.2 Å². The lowest BCUT2D eigenvalue weighted by Gasteiger charge is -2.34. The molecule has 138 valence electrons. The summed E-state index contributed by atoms with van der Waals surface area (Å²) in [6, 6.07) is 8.26. The van der Waals surface area contributed by atoms with Gasteiger partial charge < -0.3 is 18.6 Å². The molecule has 2 amide bonds. The number of carbonyl (C=O) groups is 2. The van der Waals surface area contributed by atoms with Crippen LogP contribution in [-0.4, -0.2) is 47.8 Å². The molecule has 1 aliphatic rings. The number of halogens is 1. The summed E-state index contributed by atoms with van der Waals surface area (Å²) in [5, 5.41) is 0.517. The molecule has 3 aromatic rings. The Morgan fingerprint density at radius 3 is 2.22 bits per heavy atom. The topological polar surface area (TPSA) is 84.0 Å². The third-order valence-corrected chi connectivity index (χ3v) is 4.52. The number of fused-ring (bicyclic) bond motifs is 1. The van der Waals surface area contributed by atoms with Gasteiger partial charge in [0.1, 0.15) is 5.82 Å².